The van der Waals surface area contributed by atoms with E-state index in [0.717, 1.165) is 41.6 Å². The molecule has 0 heterocycles. The number of allylic oxidation sites excluding steroid dienone is 2. The molecule has 11 unspecified atom stereocenters. The number of carbonyl (C=O) groups is 1. The van der Waals surface area contributed by atoms with E-state index >= 15 is 0 Å². The number of fused-ring (bicyclic) bond motifs is 5. The fourth-order valence-electron chi connectivity index (χ4n) is 10.9. The molecule has 11 atom stereocenters. The summed E-state index contributed by atoms with van der Waals surface area (Å²) in [4.78, 5) is 12.9. The molecule has 42 heavy (non-hydrogen) atoms. The first-order chi connectivity index (χ1) is 19.9. The summed E-state index contributed by atoms with van der Waals surface area (Å²) in [5.74, 6) is 5.86. The van der Waals surface area contributed by atoms with Crippen LogP contribution < -0.4 is 4.74 Å². The van der Waals surface area contributed by atoms with E-state index in [0.29, 0.717) is 34.3 Å². The minimum atomic E-state index is -0.279. The van der Waals surface area contributed by atoms with Crippen molar-refractivity contribution >= 4 is 12.0 Å². The van der Waals surface area contributed by atoms with E-state index in [1.54, 1.807) is 24.3 Å². The number of phenolic OH excluding ortho intramolecular Hbond substituents is 1. The van der Waals surface area contributed by atoms with Gasteiger partial charge in [0.25, 0.3) is 0 Å². The molecule has 4 saturated carbocycles. The molecule has 1 aromatic rings. The number of carbonyl (C=O) groups excluding carboxylic acids is 1. The van der Waals surface area contributed by atoms with Crippen molar-refractivity contribution in [3.8, 4) is 11.5 Å². The van der Waals surface area contributed by atoms with Crippen molar-refractivity contribution in [1.82, 2.24) is 0 Å². The molecule has 0 saturated heterocycles. The Balaban J connectivity index is 1.26. The Bertz CT molecular complexity index is 1200. The number of benzene rings is 1. The van der Waals surface area contributed by atoms with Crippen LogP contribution in [0.3, 0.4) is 0 Å². The lowest BCUT2D eigenvalue weighted by atomic mass is 9.41. The summed E-state index contributed by atoms with van der Waals surface area (Å²) < 4.78 is 11.3. The number of esters is 1. The highest BCUT2D eigenvalue weighted by molar-refractivity contribution is 5.87. The normalized spacial score (nSPS) is 40.0. The Kier molecular flexibility index (Phi) is 8.95. The molecule has 0 amide bonds. The number of hydrogen-bond acceptors (Lipinski definition) is 4. The van der Waals surface area contributed by atoms with Gasteiger partial charge in [0.1, 0.15) is 6.10 Å². The van der Waals surface area contributed by atoms with Crippen LogP contribution in [0.1, 0.15) is 105 Å². The average molecular weight is 577 g/mol. The van der Waals surface area contributed by atoms with Crippen molar-refractivity contribution in [1.29, 1.82) is 0 Å². The molecule has 1 aromatic carbocycles. The van der Waals surface area contributed by atoms with Gasteiger partial charge in [-0.2, -0.15) is 0 Å². The van der Waals surface area contributed by atoms with E-state index in [-0.39, 0.29) is 17.8 Å². The maximum atomic E-state index is 12.9. The van der Waals surface area contributed by atoms with E-state index in [9.17, 15) is 9.90 Å². The van der Waals surface area contributed by atoms with E-state index in [2.05, 4.69) is 54.5 Å². The molecule has 0 spiro atoms. The van der Waals surface area contributed by atoms with Crippen molar-refractivity contribution in [2.75, 3.05) is 7.11 Å². The zero-order chi connectivity index (χ0) is 30.4. The Morgan fingerprint density at radius 1 is 1.07 bits per heavy atom. The third kappa shape index (κ3) is 5.45. The maximum Gasteiger partial charge on any atom is 0.331 e. The third-order valence-electron chi connectivity index (χ3n) is 13.2. The quantitative estimate of drug-likeness (QED) is 0.200. The fraction of sp³-hybridized carbons (Fsp3) is 0.711. The van der Waals surface area contributed by atoms with Crippen LogP contribution in [0.25, 0.3) is 6.08 Å². The number of methoxy groups -OCH3 is 1. The molecule has 4 aliphatic rings. The molecular weight excluding hydrogens is 520 g/mol. The minimum absolute atomic E-state index is 0.0204. The first kappa shape index (κ1) is 31.2. The first-order valence-electron chi connectivity index (χ1n) is 16.8. The Morgan fingerprint density at radius 2 is 1.81 bits per heavy atom. The maximum absolute atomic E-state index is 12.9. The second kappa shape index (κ2) is 12.0. The zero-order valence-corrected chi connectivity index (χ0v) is 27.5. The topological polar surface area (TPSA) is 55.8 Å². The van der Waals surface area contributed by atoms with E-state index in [4.69, 9.17) is 9.47 Å². The predicted octanol–water partition coefficient (Wildman–Crippen LogP) is 9.47. The summed E-state index contributed by atoms with van der Waals surface area (Å²) in [6.07, 6.45) is 16.0. The van der Waals surface area contributed by atoms with Crippen LogP contribution in [0.4, 0.5) is 0 Å². The second-order valence-corrected chi connectivity index (χ2v) is 15.4. The minimum Gasteiger partial charge on any atom is -0.504 e. The summed E-state index contributed by atoms with van der Waals surface area (Å²) >= 11 is 0. The van der Waals surface area contributed by atoms with Gasteiger partial charge in [0.05, 0.1) is 7.11 Å². The highest BCUT2D eigenvalue weighted by atomic mass is 16.5. The van der Waals surface area contributed by atoms with Crippen LogP contribution in [-0.2, 0) is 9.53 Å². The zero-order valence-electron chi connectivity index (χ0n) is 27.5. The lowest BCUT2D eigenvalue weighted by Crippen LogP contribution is -2.57. The molecule has 0 radical (unpaired) electrons. The molecule has 4 nitrogen and oxygen atoms in total. The van der Waals surface area contributed by atoms with Crippen LogP contribution >= 0.6 is 0 Å². The summed E-state index contributed by atoms with van der Waals surface area (Å²) in [5, 5.41) is 9.84. The summed E-state index contributed by atoms with van der Waals surface area (Å²) in [6.45, 7) is 17.2. The third-order valence-corrected chi connectivity index (χ3v) is 13.2. The molecule has 0 bridgehead atoms. The van der Waals surface area contributed by atoms with Gasteiger partial charge in [-0.05, 0) is 147 Å². The standard InChI is InChI=1S/C38H56O4/c1-23(2)9-10-24(3)30-18-20-38(7)31-21-25(4)36-26(5)33(15-13-29(36)28(31)17-19-37(30,38)6)42-35(40)16-12-27-11-14-32(39)34(22-27)41-8/h9,11-12,14,16,22,24-26,28-31,33,36,39H,10,13,15,17-21H2,1-8H3. The average Bonchev–Trinajstić information content (AvgIpc) is 3.24. The summed E-state index contributed by atoms with van der Waals surface area (Å²) in [7, 11) is 1.52. The molecule has 1 N–H and O–H groups in total. The fourth-order valence-corrected chi connectivity index (χ4v) is 10.9. The number of hydrogen-bond donors (Lipinski definition) is 1. The molecule has 4 heteroatoms. The molecule has 4 aliphatic carbocycles. The van der Waals surface area contributed by atoms with Gasteiger partial charge >= 0.3 is 5.97 Å². The molecule has 232 valence electrons. The van der Waals surface area contributed by atoms with Gasteiger partial charge in [-0.25, -0.2) is 4.79 Å². The van der Waals surface area contributed by atoms with Gasteiger partial charge in [0, 0.05) is 6.08 Å². The van der Waals surface area contributed by atoms with Crippen LogP contribution in [0.5, 0.6) is 11.5 Å². The van der Waals surface area contributed by atoms with Crippen LogP contribution in [-0.4, -0.2) is 24.3 Å². The van der Waals surface area contributed by atoms with Crippen molar-refractivity contribution in [2.24, 2.45) is 58.2 Å². The van der Waals surface area contributed by atoms with E-state index in [1.807, 2.05) is 0 Å². The van der Waals surface area contributed by atoms with Crippen molar-refractivity contribution in [2.45, 2.75) is 106 Å². The Morgan fingerprint density at radius 3 is 2.52 bits per heavy atom. The number of aromatic hydroxyl groups is 1. The molecule has 0 aromatic heterocycles. The number of ether oxygens (including phenoxy) is 2. The second-order valence-electron chi connectivity index (χ2n) is 15.4. The van der Waals surface area contributed by atoms with Gasteiger partial charge in [0.15, 0.2) is 11.5 Å². The largest absolute Gasteiger partial charge is 0.504 e. The van der Waals surface area contributed by atoms with Crippen LogP contribution in [0.2, 0.25) is 0 Å². The van der Waals surface area contributed by atoms with Gasteiger partial charge in [-0.15, -0.1) is 0 Å². The summed E-state index contributed by atoms with van der Waals surface area (Å²) in [6, 6.07) is 5.07. The lowest BCUT2D eigenvalue weighted by Gasteiger charge is -2.63. The number of phenols is 1. The Hall–Kier alpha value is -2.23. The van der Waals surface area contributed by atoms with Crippen LogP contribution in [0.15, 0.2) is 35.9 Å². The molecular formula is C38H56O4. The lowest BCUT2D eigenvalue weighted by molar-refractivity contribution is -0.171. The first-order valence-corrected chi connectivity index (χ1v) is 16.8. The SMILES string of the molecule is COc1cc(C=CC(=O)OC2CCC3C4CCC5(C)C(C(C)CC=C(C)C)CCC5(C)C4CC(C)C3C2C)ccc1O. The van der Waals surface area contributed by atoms with Gasteiger partial charge < -0.3 is 14.6 Å². The van der Waals surface area contributed by atoms with Gasteiger partial charge in [0.2, 0.25) is 0 Å². The predicted molar refractivity (Wildman–Crippen MR) is 171 cm³/mol. The smallest absolute Gasteiger partial charge is 0.331 e. The monoisotopic (exact) mass is 576 g/mol. The van der Waals surface area contributed by atoms with Gasteiger partial charge in [-0.1, -0.05) is 52.3 Å². The van der Waals surface area contributed by atoms with Crippen molar-refractivity contribution in [3.63, 3.8) is 0 Å². The van der Waals surface area contributed by atoms with E-state index < -0.39 is 0 Å². The molecule has 4 fully saturated rings. The molecule has 5 rings (SSSR count). The van der Waals surface area contributed by atoms with Crippen LogP contribution in [0, 0.1) is 58.2 Å². The van der Waals surface area contributed by atoms with Crippen molar-refractivity contribution in [3.05, 3.63) is 41.5 Å². The highest BCUT2D eigenvalue weighted by Crippen LogP contribution is 2.72. The van der Waals surface area contributed by atoms with Crippen molar-refractivity contribution < 1.29 is 19.4 Å². The number of rotatable bonds is 7. The van der Waals surface area contributed by atoms with Gasteiger partial charge in [-0.3, -0.25) is 0 Å². The molecule has 0 aliphatic heterocycles. The highest BCUT2D eigenvalue weighted by Gasteiger charge is 2.65. The summed E-state index contributed by atoms with van der Waals surface area (Å²) in [5.41, 5.74) is 3.13. The van der Waals surface area contributed by atoms with E-state index in [1.165, 1.54) is 63.7 Å². The Labute approximate surface area is 255 Å².